The molecule has 2 aromatic heterocycles. The molecule has 0 amide bonds. The summed E-state index contributed by atoms with van der Waals surface area (Å²) in [7, 11) is 3.69. The van der Waals surface area contributed by atoms with E-state index in [9.17, 15) is 0 Å². The molecule has 0 aliphatic heterocycles. The largest absolute Gasteiger partial charge is 0.495 e. The number of nitrogens with one attached hydrogen (secondary N) is 1. The van der Waals surface area contributed by atoms with Crippen molar-refractivity contribution in [3.8, 4) is 17.0 Å². The molecule has 19 heavy (non-hydrogen) atoms. The molecule has 3 N–H and O–H groups in total. The number of nitrogens with zero attached hydrogens (tertiary/aromatic N) is 2. The third-order valence-electron chi connectivity index (χ3n) is 3.29. The molecule has 0 radical (unpaired) electrons. The van der Waals surface area contributed by atoms with Crippen LogP contribution in [0.3, 0.4) is 0 Å². The molecular weight excluding hydrogens is 240 g/mol. The summed E-state index contributed by atoms with van der Waals surface area (Å²) in [5, 5.41) is 8.07. The first-order valence-electron chi connectivity index (χ1n) is 6.05. The van der Waals surface area contributed by atoms with Crippen molar-refractivity contribution in [3.63, 3.8) is 0 Å². The Bertz CT molecular complexity index is 754. The number of nitrogen functional groups attached to an aromatic ring is 1. The van der Waals surface area contributed by atoms with E-state index in [-0.39, 0.29) is 0 Å². The Morgan fingerprint density at radius 1 is 1.32 bits per heavy atom. The summed E-state index contributed by atoms with van der Waals surface area (Å²) in [5.41, 5.74) is 9.89. The predicted molar refractivity (Wildman–Crippen MR) is 76.2 cm³/mol. The van der Waals surface area contributed by atoms with Gasteiger partial charge in [0, 0.05) is 30.3 Å². The van der Waals surface area contributed by atoms with E-state index in [1.54, 1.807) is 7.11 Å². The molecule has 0 aliphatic rings. The number of hydrogen-bond acceptors (Lipinski definition) is 3. The molecule has 2 heterocycles. The zero-order chi connectivity index (χ0) is 13.6. The molecule has 5 heteroatoms. The molecule has 5 nitrogen and oxygen atoms in total. The van der Waals surface area contributed by atoms with Gasteiger partial charge in [0.05, 0.1) is 18.3 Å². The third-order valence-corrected chi connectivity index (χ3v) is 3.29. The second-order valence-electron chi connectivity index (χ2n) is 4.72. The molecular formula is C14H16N4O. The topological polar surface area (TPSA) is 68.9 Å². The highest BCUT2D eigenvalue weighted by atomic mass is 16.5. The van der Waals surface area contributed by atoms with Crippen LogP contribution >= 0.6 is 0 Å². The zero-order valence-electron chi connectivity index (χ0n) is 11.2. The van der Waals surface area contributed by atoms with Gasteiger partial charge in [0.2, 0.25) is 0 Å². The summed E-state index contributed by atoms with van der Waals surface area (Å²) in [4.78, 5) is 0. The zero-order valence-corrected chi connectivity index (χ0v) is 11.2. The summed E-state index contributed by atoms with van der Waals surface area (Å²) < 4.78 is 7.53. The van der Waals surface area contributed by atoms with Gasteiger partial charge in [0.15, 0.2) is 0 Å². The minimum Gasteiger partial charge on any atom is -0.495 e. The van der Waals surface area contributed by atoms with Crippen molar-refractivity contribution in [2.75, 3.05) is 12.8 Å². The number of H-pyrrole nitrogens is 1. The fraction of sp³-hybridized carbons (Fsp3) is 0.214. The maximum absolute atomic E-state index is 5.68. The van der Waals surface area contributed by atoms with Gasteiger partial charge in [-0.3, -0.25) is 5.10 Å². The van der Waals surface area contributed by atoms with Crippen LogP contribution in [0.25, 0.3) is 22.2 Å². The summed E-state index contributed by atoms with van der Waals surface area (Å²) >= 11 is 0. The predicted octanol–water partition coefficient (Wildman–Crippen LogP) is 2.47. The molecule has 0 spiro atoms. The highest BCUT2D eigenvalue weighted by Gasteiger charge is 2.14. The number of anilines is 1. The third kappa shape index (κ3) is 1.74. The van der Waals surface area contributed by atoms with E-state index in [1.165, 1.54) is 0 Å². The minimum atomic E-state index is 0.492. The average Bonchev–Trinajstić information content (AvgIpc) is 2.93. The van der Waals surface area contributed by atoms with Gasteiger partial charge < -0.3 is 15.0 Å². The molecule has 0 fully saturated rings. The molecule has 1 aromatic carbocycles. The van der Waals surface area contributed by atoms with Crippen molar-refractivity contribution in [1.82, 2.24) is 14.8 Å². The van der Waals surface area contributed by atoms with Crippen LogP contribution in [0, 0.1) is 6.92 Å². The van der Waals surface area contributed by atoms with E-state index < -0.39 is 0 Å². The monoisotopic (exact) mass is 256 g/mol. The van der Waals surface area contributed by atoms with Crippen molar-refractivity contribution in [3.05, 3.63) is 30.0 Å². The molecule has 0 saturated heterocycles. The van der Waals surface area contributed by atoms with Crippen LogP contribution in [0.2, 0.25) is 0 Å². The number of methoxy groups -OCH3 is 1. The lowest BCUT2D eigenvalue weighted by Gasteiger charge is -2.06. The number of aromatic nitrogens is 3. The lowest BCUT2D eigenvalue weighted by molar-refractivity contribution is 0.417. The van der Waals surface area contributed by atoms with E-state index in [0.29, 0.717) is 5.82 Å². The fourth-order valence-electron chi connectivity index (χ4n) is 2.49. The average molecular weight is 256 g/mol. The van der Waals surface area contributed by atoms with Crippen molar-refractivity contribution in [2.24, 2.45) is 7.05 Å². The van der Waals surface area contributed by atoms with Crippen LogP contribution in [0.4, 0.5) is 5.82 Å². The van der Waals surface area contributed by atoms with Crippen LogP contribution in [-0.4, -0.2) is 21.9 Å². The van der Waals surface area contributed by atoms with E-state index in [0.717, 1.165) is 33.5 Å². The fourth-order valence-corrected chi connectivity index (χ4v) is 2.49. The van der Waals surface area contributed by atoms with E-state index in [4.69, 9.17) is 10.5 Å². The van der Waals surface area contributed by atoms with E-state index in [2.05, 4.69) is 34.0 Å². The lowest BCUT2D eigenvalue weighted by atomic mass is 10.1. The number of benzene rings is 1. The molecule has 3 rings (SSSR count). The van der Waals surface area contributed by atoms with Crippen LogP contribution in [0.1, 0.15) is 5.56 Å². The van der Waals surface area contributed by atoms with Gasteiger partial charge in [0.25, 0.3) is 0 Å². The van der Waals surface area contributed by atoms with Gasteiger partial charge in [-0.05, 0) is 24.6 Å². The first-order chi connectivity index (χ1) is 9.10. The highest BCUT2D eigenvalue weighted by molar-refractivity contribution is 5.99. The molecule has 0 saturated carbocycles. The van der Waals surface area contributed by atoms with Crippen molar-refractivity contribution in [1.29, 1.82) is 0 Å². The van der Waals surface area contributed by atoms with Gasteiger partial charge in [-0.1, -0.05) is 0 Å². The minimum absolute atomic E-state index is 0.492. The molecule has 0 unspecified atom stereocenters. The van der Waals surface area contributed by atoms with Gasteiger partial charge in [-0.25, -0.2) is 0 Å². The van der Waals surface area contributed by atoms with Crippen LogP contribution in [0.5, 0.6) is 5.75 Å². The Balaban J connectivity index is 2.35. The molecule has 0 atom stereocenters. The quantitative estimate of drug-likeness (QED) is 0.740. The second-order valence-corrected chi connectivity index (χ2v) is 4.72. The maximum atomic E-state index is 5.68. The van der Waals surface area contributed by atoms with E-state index >= 15 is 0 Å². The molecule has 3 aromatic rings. The Morgan fingerprint density at radius 2 is 2.11 bits per heavy atom. The summed E-state index contributed by atoms with van der Waals surface area (Å²) in [6, 6.07) is 6.02. The standard InChI is InChI=1S/C14H16N4O/c1-8-4-9-10(11-6-13(15)17-16-11)7-18(2)14(9)12(5-8)19-3/h4-7H,1-3H3,(H3,15,16,17). The Kier molecular flexibility index (Phi) is 2.48. The first-order valence-corrected chi connectivity index (χ1v) is 6.05. The number of ether oxygens (including phenoxy) is 1. The Hall–Kier alpha value is -2.43. The molecule has 98 valence electrons. The van der Waals surface area contributed by atoms with Crippen LogP contribution < -0.4 is 10.5 Å². The molecule has 0 aliphatic carbocycles. The normalized spacial score (nSPS) is 11.1. The first kappa shape index (κ1) is 11.6. The summed E-state index contributed by atoms with van der Waals surface area (Å²) in [6.07, 6.45) is 2.06. The van der Waals surface area contributed by atoms with Gasteiger partial charge in [-0.15, -0.1) is 0 Å². The number of fused-ring (bicyclic) bond motifs is 1. The van der Waals surface area contributed by atoms with Crippen molar-refractivity contribution < 1.29 is 4.74 Å². The highest BCUT2D eigenvalue weighted by Crippen LogP contribution is 2.35. The summed E-state index contributed by atoms with van der Waals surface area (Å²) in [6.45, 7) is 2.06. The smallest absolute Gasteiger partial charge is 0.145 e. The number of hydrogen-bond donors (Lipinski definition) is 2. The number of nitrogens with two attached hydrogens (primary N) is 1. The Morgan fingerprint density at radius 3 is 2.74 bits per heavy atom. The van der Waals surface area contributed by atoms with Gasteiger partial charge in [-0.2, -0.15) is 5.10 Å². The van der Waals surface area contributed by atoms with Crippen molar-refractivity contribution in [2.45, 2.75) is 6.92 Å². The van der Waals surface area contributed by atoms with Crippen LogP contribution in [0.15, 0.2) is 24.4 Å². The number of aryl methyl sites for hydroxylation is 2. The van der Waals surface area contributed by atoms with Crippen molar-refractivity contribution >= 4 is 16.7 Å². The van der Waals surface area contributed by atoms with Gasteiger partial charge in [0.1, 0.15) is 11.6 Å². The maximum Gasteiger partial charge on any atom is 0.145 e. The summed E-state index contributed by atoms with van der Waals surface area (Å²) in [5.74, 6) is 1.36. The number of aromatic amines is 1. The Labute approximate surface area is 111 Å². The second kappa shape index (κ2) is 4.05. The van der Waals surface area contributed by atoms with E-state index in [1.807, 2.05) is 19.2 Å². The number of rotatable bonds is 2. The van der Waals surface area contributed by atoms with Gasteiger partial charge >= 0.3 is 0 Å². The lowest BCUT2D eigenvalue weighted by Crippen LogP contribution is -1.90. The van der Waals surface area contributed by atoms with Crippen LogP contribution in [-0.2, 0) is 7.05 Å². The SMILES string of the molecule is COc1cc(C)cc2c(-c3cc(N)n[nH]3)cn(C)c12. The molecule has 0 bridgehead atoms.